The smallest absolute Gasteiger partial charge is 0.408 e. The molecule has 0 spiro atoms. The van der Waals surface area contributed by atoms with Crippen LogP contribution in [-0.4, -0.2) is 17.2 Å². The number of para-hydroxylation sites is 2. The van der Waals surface area contributed by atoms with Crippen LogP contribution in [-0.2, 0) is 6.54 Å². The summed E-state index contributed by atoms with van der Waals surface area (Å²) in [5.41, 5.74) is 1.52. The summed E-state index contributed by atoms with van der Waals surface area (Å²) in [5.74, 6) is 0.185. The van der Waals surface area contributed by atoms with Gasteiger partial charge in [0, 0.05) is 12.6 Å². The van der Waals surface area contributed by atoms with Crippen molar-refractivity contribution in [2.75, 3.05) is 6.54 Å². The van der Waals surface area contributed by atoms with Crippen LogP contribution in [0.25, 0.3) is 11.1 Å². The fourth-order valence-electron chi connectivity index (χ4n) is 2.16. The first kappa shape index (κ1) is 12.9. The molecule has 98 valence electrons. The second-order valence-corrected chi connectivity index (χ2v) is 4.85. The summed E-state index contributed by atoms with van der Waals surface area (Å²) in [4.78, 5) is 11.9. The maximum Gasteiger partial charge on any atom is 0.420 e. The van der Waals surface area contributed by atoms with Crippen molar-refractivity contribution in [1.82, 2.24) is 9.88 Å². The van der Waals surface area contributed by atoms with E-state index in [1.165, 1.54) is 0 Å². The standard InChI is InChI=1S/C14H20N2O2/c1-4-15-11(10(2)3)9-16-12-7-5-6-8-13(12)18-14(16)17/h5-8,10-11,15H,4,9H2,1-3H3. The summed E-state index contributed by atoms with van der Waals surface area (Å²) in [5, 5.41) is 3.41. The van der Waals surface area contributed by atoms with Gasteiger partial charge in [0.05, 0.1) is 5.52 Å². The Labute approximate surface area is 107 Å². The van der Waals surface area contributed by atoms with Gasteiger partial charge in [-0.15, -0.1) is 0 Å². The summed E-state index contributed by atoms with van der Waals surface area (Å²) in [7, 11) is 0. The highest BCUT2D eigenvalue weighted by Gasteiger charge is 2.16. The van der Waals surface area contributed by atoms with Gasteiger partial charge in [-0.3, -0.25) is 4.57 Å². The number of oxazole rings is 1. The highest BCUT2D eigenvalue weighted by molar-refractivity contribution is 5.72. The van der Waals surface area contributed by atoms with Crippen molar-refractivity contribution in [3.8, 4) is 0 Å². The number of benzene rings is 1. The Morgan fingerprint density at radius 3 is 2.72 bits per heavy atom. The molecule has 4 nitrogen and oxygen atoms in total. The third-order valence-corrected chi connectivity index (χ3v) is 3.22. The first-order chi connectivity index (χ1) is 8.63. The third kappa shape index (κ3) is 2.48. The monoisotopic (exact) mass is 248 g/mol. The fourth-order valence-corrected chi connectivity index (χ4v) is 2.16. The zero-order chi connectivity index (χ0) is 13.1. The van der Waals surface area contributed by atoms with Crippen LogP contribution in [0.3, 0.4) is 0 Å². The maximum absolute atomic E-state index is 11.9. The zero-order valence-corrected chi connectivity index (χ0v) is 11.1. The molecule has 1 aromatic heterocycles. The van der Waals surface area contributed by atoms with Crippen LogP contribution in [0, 0.1) is 5.92 Å². The second-order valence-electron chi connectivity index (χ2n) is 4.85. The molecule has 1 N–H and O–H groups in total. The van der Waals surface area contributed by atoms with Gasteiger partial charge in [0.15, 0.2) is 5.58 Å². The van der Waals surface area contributed by atoms with Gasteiger partial charge in [-0.1, -0.05) is 32.9 Å². The predicted molar refractivity (Wildman–Crippen MR) is 72.8 cm³/mol. The average molecular weight is 248 g/mol. The van der Waals surface area contributed by atoms with E-state index >= 15 is 0 Å². The normalized spacial score (nSPS) is 13.3. The Kier molecular flexibility index (Phi) is 3.87. The summed E-state index contributed by atoms with van der Waals surface area (Å²) >= 11 is 0. The molecule has 18 heavy (non-hydrogen) atoms. The maximum atomic E-state index is 11.9. The van der Waals surface area contributed by atoms with Crippen LogP contribution >= 0.6 is 0 Å². The van der Waals surface area contributed by atoms with Crippen LogP contribution in [0.5, 0.6) is 0 Å². The molecule has 0 aliphatic carbocycles. The van der Waals surface area contributed by atoms with Crippen LogP contribution in [0.4, 0.5) is 0 Å². The molecule has 2 rings (SSSR count). The zero-order valence-electron chi connectivity index (χ0n) is 11.1. The van der Waals surface area contributed by atoms with Gasteiger partial charge in [0.2, 0.25) is 0 Å². The SMILES string of the molecule is CCNC(Cn1c(=O)oc2ccccc21)C(C)C. The molecular formula is C14H20N2O2. The lowest BCUT2D eigenvalue weighted by atomic mass is 10.0. The molecule has 1 atom stereocenters. The van der Waals surface area contributed by atoms with Gasteiger partial charge in [-0.05, 0) is 24.6 Å². The van der Waals surface area contributed by atoms with E-state index in [1.807, 2.05) is 24.3 Å². The molecule has 1 unspecified atom stereocenters. The van der Waals surface area contributed by atoms with Crippen molar-refractivity contribution in [3.63, 3.8) is 0 Å². The molecule has 0 fully saturated rings. The Morgan fingerprint density at radius 2 is 2.06 bits per heavy atom. The van der Waals surface area contributed by atoms with E-state index in [-0.39, 0.29) is 11.8 Å². The van der Waals surface area contributed by atoms with E-state index in [1.54, 1.807) is 4.57 Å². The van der Waals surface area contributed by atoms with E-state index in [2.05, 4.69) is 26.1 Å². The van der Waals surface area contributed by atoms with Crippen LogP contribution in [0.2, 0.25) is 0 Å². The summed E-state index contributed by atoms with van der Waals surface area (Å²) in [6, 6.07) is 7.81. The molecule has 1 aromatic carbocycles. The minimum Gasteiger partial charge on any atom is -0.408 e. The molecule has 0 aliphatic heterocycles. The van der Waals surface area contributed by atoms with Crippen molar-refractivity contribution in [2.45, 2.75) is 33.4 Å². The topological polar surface area (TPSA) is 47.2 Å². The second kappa shape index (κ2) is 5.40. The molecule has 0 amide bonds. The quantitative estimate of drug-likeness (QED) is 0.882. The number of nitrogens with zero attached hydrogens (tertiary/aromatic N) is 1. The van der Waals surface area contributed by atoms with E-state index < -0.39 is 0 Å². The number of rotatable bonds is 5. The molecule has 0 radical (unpaired) electrons. The van der Waals surface area contributed by atoms with Gasteiger partial charge in [0.25, 0.3) is 0 Å². The van der Waals surface area contributed by atoms with Crippen molar-refractivity contribution in [2.24, 2.45) is 5.92 Å². The number of hydrogen-bond acceptors (Lipinski definition) is 3. The average Bonchev–Trinajstić information content (AvgIpc) is 2.65. The molecule has 2 aromatic rings. The molecular weight excluding hydrogens is 228 g/mol. The lowest BCUT2D eigenvalue weighted by molar-refractivity contribution is 0.352. The highest BCUT2D eigenvalue weighted by Crippen LogP contribution is 2.13. The van der Waals surface area contributed by atoms with Crippen molar-refractivity contribution in [1.29, 1.82) is 0 Å². The molecule has 0 bridgehead atoms. The highest BCUT2D eigenvalue weighted by atomic mass is 16.4. The van der Waals surface area contributed by atoms with E-state index in [4.69, 9.17) is 4.42 Å². The van der Waals surface area contributed by atoms with E-state index in [0.29, 0.717) is 18.0 Å². The van der Waals surface area contributed by atoms with Gasteiger partial charge in [0.1, 0.15) is 0 Å². The fraction of sp³-hybridized carbons (Fsp3) is 0.500. The van der Waals surface area contributed by atoms with Crippen molar-refractivity contribution >= 4 is 11.1 Å². The predicted octanol–water partition coefficient (Wildman–Crippen LogP) is 2.23. The number of fused-ring (bicyclic) bond motifs is 1. The lowest BCUT2D eigenvalue weighted by Gasteiger charge is -2.21. The number of aromatic nitrogens is 1. The van der Waals surface area contributed by atoms with Gasteiger partial charge < -0.3 is 9.73 Å². The molecule has 0 aliphatic rings. The molecule has 0 saturated heterocycles. The first-order valence-electron chi connectivity index (χ1n) is 6.45. The van der Waals surface area contributed by atoms with E-state index in [0.717, 1.165) is 12.1 Å². The summed E-state index contributed by atoms with van der Waals surface area (Å²) < 4.78 is 6.95. The number of hydrogen-bond donors (Lipinski definition) is 1. The Morgan fingerprint density at radius 1 is 1.33 bits per heavy atom. The van der Waals surface area contributed by atoms with Crippen LogP contribution < -0.4 is 11.1 Å². The number of likely N-dealkylation sites (N-methyl/N-ethyl adjacent to an activating group) is 1. The minimum absolute atomic E-state index is 0.272. The van der Waals surface area contributed by atoms with Gasteiger partial charge in [-0.25, -0.2) is 4.79 Å². The summed E-state index contributed by atoms with van der Waals surface area (Å²) in [6.07, 6.45) is 0. The van der Waals surface area contributed by atoms with E-state index in [9.17, 15) is 4.79 Å². The lowest BCUT2D eigenvalue weighted by Crippen LogP contribution is -2.39. The Bertz CT molecular complexity index is 568. The summed E-state index contributed by atoms with van der Waals surface area (Å²) in [6.45, 7) is 7.92. The Hall–Kier alpha value is -1.55. The van der Waals surface area contributed by atoms with Crippen molar-refractivity contribution in [3.05, 3.63) is 34.8 Å². The van der Waals surface area contributed by atoms with Gasteiger partial charge >= 0.3 is 5.76 Å². The largest absolute Gasteiger partial charge is 0.420 e. The molecule has 1 heterocycles. The van der Waals surface area contributed by atoms with Crippen LogP contribution in [0.15, 0.2) is 33.5 Å². The minimum atomic E-state index is -0.278. The third-order valence-electron chi connectivity index (χ3n) is 3.22. The van der Waals surface area contributed by atoms with Gasteiger partial charge in [-0.2, -0.15) is 0 Å². The first-order valence-corrected chi connectivity index (χ1v) is 6.45. The van der Waals surface area contributed by atoms with Crippen LogP contribution in [0.1, 0.15) is 20.8 Å². The molecule has 0 saturated carbocycles. The number of nitrogens with one attached hydrogen (secondary N) is 1. The molecule has 4 heteroatoms. The van der Waals surface area contributed by atoms with Crippen molar-refractivity contribution < 1.29 is 4.42 Å². The Balaban J connectivity index is 2.35.